The Labute approximate surface area is 207 Å². The molecule has 7 heteroatoms. The first-order valence-corrected chi connectivity index (χ1v) is 12.2. The minimum atomic E-state index is -0.561. The van der Waals surface area contributed by atoms with Gasteiger partial charge < -0.3 is 5.73 Å². The lowest BCUT2D eigenvalue weighted by Gasteiger charge is -2.35. The average molecular weight is 481 g/mol. The number of hydrogen-bond donors (Lipinski definition) is 2. The highest BCUT2D eigenvalue weighted by atomic mass is 35.5. The predicted molar refractivity (Wildman–Crippen MR) is 135 cm³/mol. The van der Waals surface area contributed by atoms with Crippen LogP contribution in [0.4, 0.5) is 0 Å². The number of rotatable bonds is 10. The molecule has 0 amide bonds. The van der Waals surface area contributed by atoms with E-state index in [1.807, 2.05) is 44.2 Å². The molecule has 6 nitrogen and oxygen atoms in total. The summed E-state index contributed by atoms with van der Waals surface area (Å²) in [5.41, 5.74) is 8.57. The Balaban J connectivity index is 1.53. The van der Waals surface area contributed by atoms with Gasteiger partial charge in [-0.25, -0.2) is 0 Å². The van der Waals surface area contributed by atoms with Gasteiger partial charge in [-0.2, -0.15) is 5.26 Å². The number of carbonyl (C=O) groups excluding carboxylic acids is 2. The van der Waals surface area contributed by atoms with Crippen LogP contribution in [0, 0.1) is 23.2 Å². The second-order valence-electron chi connectivity index (χ2n) is 9.39. The molecular formula is C27H33ClN4O2. The van der Waals surface area contributed by atoms with Crippen molar-refractivity contribution in [1.82, 2.24) is 10.2 Å². The summed E-state index contributed by atoms with van der Waals surface area (Å²) in [4.78, 5) is 28.3. The molecule has 180 valence electrons. The summed E-state index contributed by atoms with van der Waals surface area (Å²) in [5.74, 6) is -0.0637. The van der Waals surface area contributed by atoms with Crippen molar-refractivity contribution < 1.29 is 9.59 Å². The van der Waals surface area contributed by atoms with Crippen molar-refractivity contribution in [3.63, 3.8) is 0 Å². The first kappa shape index (κ1) is 26.1. The molecular weight excluding hydrogens is 448 g/mol. The van der Waals surface area contributed by atoms with Gasteiger partial charge in [-0.1, -0.05) is 49.7 Å². The van der Waals surface area contributed by atoms with Gasteiger partial charge in [-0.05, 0) is 67.6 Å². The summed E-state index contributed by atoms with van der Waals surface area (Å²) in [5, 5.41) is 12.9. The number of benzene rings is 2. The molecule has 0 aliphatic carbocycles. The number of nitrogens with two attached hydrogens (primary N) is 1. The molecule has 3 N–H and O–H groups in total. The third kappa shape index (κ3) is 6.97. The monoisotopic (exact) mass is 480 g/mol. The molecule has 0 aromatic heterocycles. The molecule has 2 unspecified atom stereocenters. The van der Waals surface area contributed by atoms with Gasteiger partial charge in [0.25, 0.3) is 0 Å². The second kappa shape index (κ2) is 12.2. The summed E-state index contributed by atoms with van der Waals surface area (Å²) in [6, 6.07) is 15.5. The molecule has 2 atom stereocenters. The molecule has 0 spiro atoms. The van der Waals surface area contributed by atoms with Crippen LogP contribution in [0.15, 0.2) is 48.5 Å². The van der Waals surface area contributed by atoms with Gasteiger partial charge in [0.05, 0.1) is 30.3 Å². The number of nitriles is 1. The lowest BCUT2D eigenvalue weighted by atomic mass is 9.83. The number of carbonyl (C=O) groups is 2. The number of nitrogens with zero attached hydrogens (tertiary/aromatic N) is 2. The zero-order valence-electron chi connectivity index (χ0n) is 19.8. The highest BCUT2D eigenvalue weighted by Gasteiger charge is 2.34. The van der Waals surface area contributed by atoms with E-state index in [9.17, 15) is 9.59 Å². The van der Waals surface area contributed by atoms with Crippen LogP contribution >= 0.6 is 11.6 Å². The van der Waals surface area contributed by atoms with E-state index in [1.165, 1.54) is 5.56 Å². The highest BCUT2D eigenvalue weighted by Crippen LogP contribution is 2.23. The average Bonchev–Trinajstić information content (AvgIpc) is 2.85. The minimum absolute atomic E-state index is 0.00165. The Morgan fingerprint density at radius 2 is 1.85 bits per heavy atom. The molecule has 3 rings (SSSR count). The van der Waals surface area contributed by atoms with Crippen LogP contribution < -0.4 is 11.1 Å². The third-order valence-corrected chi connectivity index (χ3v) is 6.81. The summed E-state index contributed by atoms with van der Waals surface area (Å²) in [7, 11) is 0. The fourth-order valence-corrected chi connectivity index (χ4v) is 4.62. The van der Waals surface area contributed by atoms with Crippen molar-refractivity contribution in [2.45, 2.75) is 45.3 Å². The van der Waals surface area contributed by atoms with E-state index in [2.05, 4.69) is 10.2 Å². The standard InChI is InChI=1S/C27H33ClN4O2/c1-18(2)26(31-16-24(33)22-5-3-4-20(14-22)15-29)27(34)25(30)21-10-12-32(13-11-21)17-19-6-8-23(28)9-7-19/h3-9,14,18,21,25-26,31H,10-13,16-17,30H2,1-2H3. The van der Waals surface area contributed by atoms with Gasteiger partial charge in [0, 0.05) is 17.1 Å². The van der Waals surface area contributed by atoms with Crippen LogP contribution in [-0.2, 0) is 11.3 Å². The maximum atomic E-state index is 13.3. The third-order valence-electron chi connectivity index (χ3n) is 6.56. The van der Waals surface area contributed by atoms with E-state index < -0.39 is 12.1 Å². The first-order valence-electron chi connectivity index (χ1n) is 11.8. The molecule has 1 fully saturated rings. The zero-order chi connectivity index (χ0) is 24.7. The van der Waals surface area contributed by atoms with Gasteiger partial charge in [0.15, 0.2) is 11.6 Å². The number of nitrogens with one attached hydrogen (secondary N) is 1. The summed E-state index contributed by atoms with van der Waals surface area (Å²) in [6.45, 7) is 6.58. The van der Waals surface area contributed by atoms with Crippen LogP contribution in [0.1, 0.15) is 48.2 Å². The summed E-state index contributed by atoms with van der Waals surface area (Å²) < 4.78 is 0. The maximum Gasteiger partial charge on any atom is 0.176 e. The number of likely N-dealkylation sites (tertiary alicyclic amines) is 1. The Hall–Kier alpha value is -2.56. The molecule has 2 aromatic rings. The number of Topliss-reactive ketones (excluding diaryl/α,β-unsaturated/α-hetero) is 2. The van der Waals surface area contributed by atoms with Crippen LogP contribution in [-0.4, -0.2) is 48.2 Å². The Kier molecular flexibility index (Phi) is 9.37. The fraction of sp³-hybridized carbons (Fsp3) is 0.444. The summed E-state index contributed by atoms with van der Waals surface area (Å²) >= 11 is 5.97. The van der Waals surface area contributed by atoms with E-state index in [4.69, 9.17) is 22.6 Å². The van der Waals surface area contributed by atoms with Crippen molar-refractivity contribution in [2.24, 2.45) is 17.6 Å². The van der Waals surface area contributed by atoms with Crippen LogP contribution in [0.5, 0.6) is 0 Å². The normalized spacial score (nSPS) is 16.7. The van der Waals surface area contributed by atoms with E-state index >= 15 is 0 Å². The van der Waals surface area contributed by atoms with Crippen LogP contribution in [0.25, 0.3) is 0 Å². The van der Waals surface area contributed by atoms with Gasteiger partial charge in [0.1, 0.15) is 0 Å². The van der Waals surface area contributed by atoms with E-state index in [-0.39, 0.29) is 29.9 Å². The van der Waals surface area contributed by atoms with Gasteiger partial charge >= 0.3 is 0 Å². The highest BCUT2D eigenvalue weighted by molar-refractivity contribution is 6.30. The van der Waals surface area contributed by atoms with Crippen LogP contribution in [0.3, 0.4) is 0 Å². The largest absolute Gasteiger partial charge is 0.321 e. The van der Waals surface area contributed by atoms with Gasteiger partial charge in [-0.15, -0.1) is 0 Å². The molecule has 0 radical (unpaired) electrons. The lowest BCUT2D eigenvalue weighted by Crippen LogP contribution is -2.54. The number of hydrogen-bond acceptors (Lipinski definition) is 6. The molecule has 1 saturated heterocycles. The molecule has 0 bridgehead atoms. The Bertz CT molecular complexity index is 1020. The molecule has 2 aromatic carbocycles. The van der Waals surface area contributed by atoms with E-state index in [0.717, 1.165) is 37.5 Å². The van der Waals surface area contributed by atoms with Crippen molar-refractivity contribution in [3.05, 3.63) is 70.2 Å². The molecule has 0 saturated carbocycles. The van der Waals surface area contributed by atoms with Crippen LogP contribution in [0.2, 0.25) is 5.02 Å². The maximum absolute atomic E-state index is 13.3. The van der Waals surface area contributed by atoms with Crippen molar-refractivity contribution in [1.29, 1.82) is 5.26 Å². The van der Waals surface area contributed by atoms with Crippen molar-refractivity contribution >= 4 is 23.2 Å². The first-order chi connectivity index (χ1) is 16.3. The minimum Gasteiger partial charge on any atom is -0.321 e. The Morgan fingerprint density at radius 3 is 2.47 bits per heavy atom. The summed E-state index contributed by atoms with van der Waals surface area (Å²) in [6.07, 6.45) is 1.73. The quantitative estimate of drug-likeness (QED) is 0.501. The van der Waals surface area contributed by atoms with E-state index in [0.29, 0.717) is 11.1 Å². The fourth-order valence-electron chi connectivity index (χ4n) is 4.49. The lowest BCUT2D eigenvalue weighted by molar-refractivity contribution is -0.124. The Morgan fingerprint density at radius 1 is 1.18 bits per heavy atom. The molecule has 1 aliphatic heterocycles. The number of piperidine rings is 1. The molecule has 34 heavy (non-hydrogen) atoms. The molecule has 1 heterocycles. The molecule has 1 aliphatic rings. The van der Waals surface area contributed by atoms with Crippen molar-refractivity contribution in [3.8, 4) is 6.07 Å². The predicted octanol–water partition coefficient (Wildman–Crippen LogP) is 3.82. The topological polar surface area (TPSA) is 99.2 Å². The van der Waals surface area contributed by atoms with Crippen molar-refractivity contribution in [2.75, 3.05) is 19.6 Å². The van der Waals surface area contributed by atoms with Gasteiger partial charge in [0.2, 0.25) is 0 Å². The second-order valence-corrected chi connectivity index (χ2v) is 9.82. The SMILES string of the molecule is CC(C)C(NCC(=O)c1cccc(C#N)c1)C(=O)C(N)C1CCN(Cc2ccc(Cl)cc2)CC1. The van der Waals surface area contributed by atoms with Gasteiger partial charge in [-0.3, -0.25) is 19.8 Å². The number of ketones is 2. The van der Waals surface area contributed by atoms with E-state index in [1.54, 1.807) is 24.3 Å². The smallest absolute Gasteiger partial charge is 0.176 e. The number of halogens is 1. The zero-order valence-corrected chi connectivity index (χ0v) is 20.6.